The Bertz CT molecular complexity index is 814. The molecule has 1 atom stereocenters. The summed E-state index contributed by atoms with van der Waals surface area (Å²) in [4.78, 5) is 0.332. The second-order valence-corrected chi connectivity index (χ2v) is 7.54. The minimum atomic E-state index is -3.63. The van der Waals surface area contributed by atoms with Crippen molar-refractivity contribution in [1.82, 2.24) is 0 Å². The number of sulfonamides is 1. The Morgan fingerprint density at radius 1 is 1.14 bits per heavy atom. The molecule has 1 unspecified atom stereocenters. The van der Waals surface area contributed by atoms with E-state index in [0.29, 0.717) is 22.6 Å². The molecule has 2 aromatic carbocycles. The van der Waals surface area contributed by atoms with Gasteiger partial charge in [0.2, 0.25) is 0 Å². The zero-order valence-corrected chi connectivity index (χ0v) is 13.5. The number of hydrogen-bond donors (Lipinski definition) is 1. The van der Waals surface area contributed by atoms with Crippen LogP contribution in [0.1, 0.15) is 29.2 Å². The summed E-state index contributed by atoms with van der Waals surface area (Å²) in [5, 5.41) is 10.1. The number of fused-ring (bicyclic) bond motifs is 1. The number of aliphatic hydroxyl groups excluding tert-OH is 1. The highest BCUT2D eigenvalue weighted by Gasteiger charge is 2.32. The Balaban J connectivity index is 2.15. The molecule has 22 heavy (non-hydrogen) atoms. The van der Waals surface area contributed by atoms with Crippen molar-refractivity contribution < 1.29 is 13.5 Å². The lowest BCUT2D eigenvalue weighted by atomic mass is 10.0. The first-order chi connectivity index (χ1) is 10.4. The van der Waals surface area contributed by atoms with Crippen molar-refractivity contribution in [3.05, 3.63) is 59.2 Å². The molecular formula is C17H19NO3S. The van der Waals surface area contributed by atoms with Gasteiger partial charge in [0.15, 0.2) is 0 Å². The second-order valence-electron chi connectivity index (χ2n) is 5.71. The molecule has 0 radical (unpaired) electrons. The normalized spacial score (nSPS) is 18.1. The summed E-state index contributed by atoms with van der Waals surface area (Å²) in [7, 11) is -3.63. The van der Waals surface area contributed by atoms with Crippen LogP contribution >= 0.6 is 0 Å². The van der Waals surface area contributed by atoms with Crippen LogP contribution in [-0.4, -0.2) is 20.1 Å². The van der Waals surface area contributed by atoms with Gasteiger partial charge in [-0.25, -0.2) is 8.42 Å². The molecule has 0 amide bonds. The molecule has 0 saturated carbocycles. The summed E-state index contributed by atoms with van der Waals surface area (Å²) in [5.74, 6) is 0. The van der Waals surface area contributed by atoms with Crippen LogP contribution in [0, 0.1) is 13.8 Å². The largest absolute Gasteiger partial charge is 0.388 e. The molecule has 1 heterocycles. The Labute approximate surface area is 131 Å². The van der Waals surface area contributed by atoms with E-state index < -0.39 is 16.1 Å². The molecule has 2 aromatic rings. The number of aliphatic hydroxyl groups is 1. The van der Waals surface area contributed by atoms with Crippen LogP contribution in [0.3, 0.4) is 0 Å². The molecule has 1 N–H and O–H groups in total. The zero-order valence-electron chi connectivity index (χ0n) is 12.7. The summed E-state index contributed by atoms with van der Waals surface area (Å²) < 4.78 is 27.6. The lowest BCUT2D eigenvalue weighted by molar-refractivity contribution is 0.166. The monoisotopic (exact) mass is 317 g/mol. The van der Waals surface area contributed by atoms with Crippen molar-refractivity contribution in [2.24, 2.45) is 0 Å². The number of aryl methyl sites for hydroxylation is 2. The highest BCUT2D eigenvalue weighted by molar-refractivity contribution is 7.92. The molecule has 116 valence electrons. The van der Waals surface area contributed by atoms with E-state index in [1.54, 1.807) is 31.2 Å². The van der Waals surface area contributed by atoms with Gasteiger partial charge in [-0.2, -0.15) is 0 Å². The number of benzene rings is 2. The first kappa shape index (κ1) is 15.1. The first-order valence-electron chi connectivity index (χ1n) is 7.28. The molecule has 0 saturated heterocycles. The van der Waals surface area contributed by atoms with E-state index in [0.717, 1.165) is 11.1 Å². The van der Waals surface area contributed by atoms with Crippen molar-refractivity contribution in [2.75, 3.05) is 10.8 Å². The van der Waals surface area contributed by atoms with E-state index in [1.807, 2.05) is 25.1 Å². The van der Waals surface area contributed by atoms with Gasteiger partial charge < -0.3 is 5.11 Å². The van der Waals surface area contributed by atoms with Gasteiger partial charge in [-0.3, -0.25) is 4.31 Å². The third-order valence-corrected chi connectivity index (χ3v) is 6.04. The highest BCUT2D eigenvalue weighted by Crippen LogP contribution is 2.37. The Morgan fingerprint density at radius 2 is 1.86 bits per heavy atom. The van der Waals surface area contributed by atoms with E-state index in [9.17, 15) is 13.5 Å². The lowest BCUT2D eigenvalue weighted by Gasteiger charge is -2.33. The fourth-order valence-electron chi connectivity index (χ4n) is 2.87. The average Bonchev–Trinajstić information content (AvgIpc) is 2.50. The van der Waals surface area contributed by atoms with Crippen molar-refractivity contribution in [1.29, 1.82) is 0 Å². The van der Waals surface area contributed by atoms with Crippen molar-refractivity contribution in [3.63, 3.8) is 0 Å². The highest BCUT2D eigenvalue weighted by atomic mass is 32.2. The molecule has 0 aromatic heterocycles. The quantitative estimate of drug-likeness (QED) is 0.926. The molecule has 0 aliphatic carbocycles. The zero-order chi connectivity index (χ0) is 15.9. The van der Waals surface area contributed by atoms with Crippen molar-refractivity contribution >= 4 is 15.7 Å². The Morgan fingerprint density at radius 3 is 2.64 bits per heavy atom. The summed E-state index contributed by atoms with van der Waals surface area (Å²) in [5.41, 5.74) is 2.88. The van der Waals surface area contributed by atoms with E-state index in [1.165, 1.54) is 4.31 Å². The lowest BCUT2D eigenvalue weighted by Crippen LogP contribution is -2.37. The van der Waals surface area contributed by atoms with Gasteiger partial charge in [-0.05, 0) is 43.5 Å². The van der Waals surface area contributed by atoms with Crippen LogP contribution in [0.2, 0.25) is 0 Å². The van der Waals surface area contributed by atoms with Gasteiger partial charge in [0.05, 0.1) is 16.7 Å². The van der Waals surface area contributed by atoms with Crippen LogP contribution in [0.4, 0.5) is 5.69 Å². The standard InChI is InChI=1S/C17H19NO3S/c1-12-7-8-13(2)17(11-12)22(20,21)18-10-9-16(19)14-5-3-4-6-15(14)18/h3-8,11,16,19H,9-10H2,1-2H3. The van der Waals surface area contributed by atoms with E-state index in [-0.39, 0.29) is 6.54 Å². The molecule has 3 rings (SSSR count). The minimum Gasteiger partial charge on any atom is -0.388 e. The van der Waals surface area contributed by atoms with Gasteiger partial charge in [0.1, 0.15) is 0 Å². The smallest absolute Gasteiger partial charge is 0.264 e. The van der Waals surface area contributed by atoms with Crippen LogP contribution in [-0.2, 0) is 10.0 Å². The van der Waals surface area contributed by atoms with E-state index in [4.69, 9.17) is 0 Å². The number of rotatable bonds is 2. The second kappa shape index (κ2) is 5.41. The maximum Gasteiger partial charge on any atom is 0.264 e. The Hall–Kier alpha value is -1.85. The third-order valence-electron chi connectivity index (χ3n) is 4.08. The fraction of sp³-hybridized carbons (Fsp3) is 0.294. The van der Waals surface area contributed by atoms with Gasteiger partial charge in [-0.15, -0.1) is 0 Å². The maximum absolute atomic E-state index is 13.1. The molecule has 1 aliphatic rings. The predicted octanol–water partition coefficient (Wildman–Crippen LogP) is 2.94. The van der Waals surface area contributed by atoms with Gasteiger partial charge in [0, 0.05) is 12.1 Å². The maximum atomic E-state index is 13.1. The van der Waals surface area contributed by atoms with Crippen molar-refractivity contribution in [3.8, 4) is 0 Å². The molecule has 1 aliphatic heterocycles. The van der Waals surface area contributed by atoms with Crippen LogP contribution in [0.15, 0.2) is 47.4 Å². The van der Waals surface area contributed by atoms with Gasteiger partial charge in [-0.1, -0.05) is 30.3 Å². The van der Waals surface area contributed by atoms with Crippen LogP contribution < -0.4 is 4.31 Å². The SMILES string of the molecule is Cc1ccc(C)c(S(=O)(=O)N2CCC(O)c3ccccc32)c1. The summed E-state index contributed by atoms with van der Waals surface area (Å²) in [6.07, 6.45) is -0.206. The number of nitrogens with zero attached hydrogens (tertiary/aromatic N) is 1. The summed E-state index contributed by atoms with van der Waals surface area (Å²) in [6.45, 7) is 3.97. The molecule has 0 spiro atoms. The third kappa shape index (κ3) is 2.40. The number of para-hydroxylation sites is 1. The van der Waals surface area contributed by atoms with Gasteiger partial charge >= 0.3 is 0 Å². The number of hydrogen-bond acceptors (Lipinski definition) is 3. The molecule has 0 bridgehead atoms. The Kier molecular flexibility index (Phi) is 3.70. The molecule has 5 heteroatoms. The summed E-state index contributed by atoms with van der Waals surface area (Å²) in [6, 6.07) is 12.6. The van der Waals surface area contributed by atoms with Crippen LogP contribution in [0.25, 0.3) is 0 Å². The average molecular weight is 317 g/mol. The van der Waals surface area contributed by atoms with Crippen molar-refractivity contribution in [2.45, 2.75) is 31.3 Å². The number of anilines is 1. The summed E-state index contributed by atoms with van der Waals surface area (Å²) >= 11 is 0. The van der Waals surface area contributed by atoms with E-state index >= 15 is 0 Å². The minimum absolute atomic E-state index is 0.286. The first-order valence-corrected chi connectivity index (χ1v) is 8.72. The topological polar surface area (TPSA) is 57.6 Å². The van der Waals surface area contributed by atoms with Gasteiger partial charge in [0.25, 0.3) is 10.0 Å². The van der Waals surface area contributed by atoms with E-state index in [2.05, 4.69) is 0 Å². The molecule has 0 fully saturated rings. The molecule has 4 nitrogen and oxygen atoms in total. The fourth-order valence-corrected chi connectivity index (χ4v) is 4.68. The molecular weight excluding hydrogens is 298 g/mol. The predicted molar refractivity (Wildman–Crippen MR) is 86.5 cm³/mol. The van der Waals surface area contributed by atoms with Crippen LogP contribution in [0.5, 0.6) is 0 Å².